The van der Waals surface area contributed by atoms with Crippen LogP contribution in [0, 0.1) is 0 Å². The SMILES string of the molecule is CSCCCNCc1ccc(CSC)o1. The summed E-state index contributed by atoms with van der Waals surface area (Å²) in [5.74, 6) is 4.31. The molecule has 0 spiro atoms. The van der Waals surface area contributed by atoms with Crippen LogP contribution in [0.25, 0.3) is 0 Å². The lowest BCUT2D eigenvalue weighted by atomic mass is 10.4. The standard InChI is InChI=1S/C11H19NOS2/c1-14-7-3-6-12-8-10-4-5-11(13-10)9-15-2/h4-5,12H,3,6-9H2,1-2H3. The van der Waals surface area contributed by atoms with E-state index in [0.717, 1.165) is 30.4 Å². The summed E-state index contributed by atoms with van der Waals surface area (Å²) in [6.07, 6.45) is 5.45. The van der Waals surface area contributed by atoms with Gasteiger partial charge in [-0.1, -0.05) is 0 Å². The van der Waals surface area contributed by atoms with E-state index in [9.17, 15) is 0 Å². The third-order valence-electron chi connectivity index (χ3n) is 2.01. The Hall–Kier alpha value is -0.0600. The molecule has 0 fully saturated rings. The van der Waals surface area contributed by atoms with Gasteiger partial charge in [0, 0.05) is 0 Å². The first-order valence-corrected chi connectivity index (χ1v) is 7.91. The Morgan fingerprint density at radius 2 is 2.00 bits per heavy atom. The molecule has 2 nitrogen and oxygen atoms in total. The van der Waals surface area contributed by atoms with Crippen molar-refractivity contribution in [1.29, 1.82) is 0 Å². The van der Waals surface area contributed by atoms with E-state index in [2.05, 4.69) is 30.0 Å². The summed E-state index contributed by atoms with van der Waals surface area (Å²) in [7, 11) is 0. The van der Waals surface area contributed by atoms with Crippen LogP contribution in [0.4, 0.5) is 0 Å². The minimum absolute atomic E-state index is 0.850. The summed E-state index contributed by atoms with van der Waals surface area (Å²) < 4.78 is 5.64. The van der Waals surface area contributed by atoms with E-state index in [4.69, 9.17) is 4.42 Å². The first-order valence-electron chi connectivity index (χ1n) is 5.13. The predicted molar refractivity (Wildman–Crippen MR) is 70.6 cm³/mol. The predicted octanol–water partition coefficient (Wildman–Crippen LogP) is 2.99. The van der Waals surface area contributed by atoms with Crippen molar-refractivity contribution in [3.05, 3.63) is 23.7 Å². The summed E-state index contributed by atoms with van der Waals surface area (Å²) in [5.41, 5.74) is 0. The lowest BCUT2D eigenvalue weighted by Crippen LogP contribution is -2.14. The Morgan fingerprint density at radius 1 is 1.20 bits per heavy atom. The lowest BCUT2D eigenvalue weighted by Gasteiger charge is -2.01. The lowest BCUT2D eigenvalue weighted by molar-refractivity contribution is 0.460. The third-order valence-corrected chi connectivity index (χ3v) is 3.28. The van der Waals surface area contributed by atoms with Gasteiger partial charge in [0.1, 0.15) is 11.5 Å². The fraction of sp³-hybridized carbons (Fsp3) is 0.636. The van der Waals surface area contributed by atoms with Gasteiger partial charge in [0.15, 0.2) is 0 Å². The summed E-state index contributed by atoms with van der Waals surface area (Å²) in [4.78, 5) is 0. The van der Waals surface area contributed by atoms with Crippen LogP contribution in [0.1, 0.15) is 17.9 Å². The van der Waals surface area contributed by atoms with Gasteiger partial charge in [0.2, 0.25) is 0 Å². The highest BCUT2D eigenvalue weighted by Gasteiger charge is 2.00. The molecule has 1 rings (SSSR count). The van der Waals surface area contributed by atoms with Crippen molar-refractivity contribution in [3.63, 3.8) is 0 Å². The van der Waals surface area contributed by atoms with Crippen LogP contribution in [-0.2, 0) is 12.3 Å². The fourth-order valence-electron chi connectivity index (χ4n) is 1.29. The number of hydrogen-bond donors (Lipinski definition) is 1. The summed E-state index contributed by atoms with van der Waals surface area (Å²) in [5, 5.41) is 3.38. The highest BCUT2D eigenvalue weighted by Crippen LogP contribution is 2.13. The molecule has 1 heterocycles. The summed E-state index contributed by atoms with van der Waals surface area (Å²) >= 11 is 3.68. The maximum Gasteiger partial charge on any atom is 0.117 e. The highest BCUT2D eigenvalue weighted by atomic mass is 32.2. The molecule has 0 bridgehead atoms. The molecule has 15 heavy (non-hydrogen) atoms. The Bertz CT molecular complexity index is 263. The molecule has 0 aromatic carbocycles. The molecule has 0 aliphatic carbocycles. The van der Waals surface area contributed by atoms with Crippen molar-refractivity contribution in [2.24, 2.45) is 0 Å². The Labute approximate surface area is 101 Å². The molecule has 0 radical (unpaired) electrons. The van der Waals surface area contributed by atoms with Crippen LogP contribution < -0.4 is 5.32 Å². The average Bonchev–Trinajstić information content (AvgIpc) is 2.66. The Morgan fingerprint density at radius 3 is 2.73 bits per heavy atom. The topological polar surface area (TPSA) is 25.2 Å². The molecule has 0 saturated heterocycles. The molecule has 1 N–H and O–H groups in total. The van der Waals surface area contributed by atoms with Crippen molar-refractivity contribution in [2.45, 2.75) is 18.7 Å². The number of hydrogen-bond acceptors (Lipinski definition) is 4. The minimum Gasteiger partial charge on any atom is -0.464 e. The molecule has 4 heteroatoms. The van der Waals surface area contributed by atoms with Gasteiger partial charge in [-0.25, -0.2) is 0 Å². The van der Waals surface area contributed by atoms with Gasteiger partial charge in [-0.15, -0.1) is 0 Å². The van der Waals surface area contributed by atoms with E-state index in [0.29, 0.717) is 0 Å². The monoisotopic (exact) mass is 245 g/mol. The first kappa shape index (κ1) is 13.0. The zero-order valence-corrected chi connectivity index (χ0v) is 11.0. The molecule has 0 amide bonds. The van der Waals surface area contributed by atoms with Gasteiger partial charge in [0.05, 0.1) is 12.3 Å². The largest absolute Gasteiger partial charge is 0.464 e. The van der Waals surface area contributed by atoms with E-state index < -0.39 is 0 Å². The molecule has 1 aromatic heterocycles. The van der Waals surface area contributed by atoms with Crippen LogP contribution in [0.2, 0.25) is 0 Å². The number of nitrogens with one attached hydrogen (secondary N) is 1. The van der Waals surface area contributed by atoms with Crippen molar-refractivity contribution < 1.29 is 4.42 Å². The molecule has 0 atom stereocenters. The highest BCUT2D eigenvalue weighted by molar-refractivity contribution is 7.98. The number of rotatable bonds is 8. The molecule has 86 valence electrons. The molecule has 0 aliphatic heterocycles. The fourth-order valence-corrected chi connectivity index (χ4v) is 2.16. The van der Waals surface area contributed by atoms with Crippen LogP contribution in [0.5, 0.6) is 0 Å². The molecule has 0 saturated carbocycles. The van der Waals surface area contributed by atoms with Crippen molar-refractivity contribution in [1.82, 2.24) is 5.32 Å². The van der Waals surface area contributed by atoms with Crippen LogP contribution in [0.15, 0.2) is 16.5 Å². The smallest absolute Gasteiger partial charge is 0.117 e. The molecule has 1 aromatic rings. The summed E-state index contributed by atoms with van der Waals surface area (Å²) in [6.45, 7) is 1.92. The van der Waals surface area contributed by atoms with Gasteiger partial charge < -0.3 is 9.73 Å². The van der Waals surface area contributed by atoms with E-state index in [-0.39, 0.29) is 0 Å². The van der Waals surface area contributed by atoms with Gasteiger partial charge in [-0.3, -0.25) is 0 Å². The second-order valence-electron chi connectivity index (χ2n) is 3.32. The third kappa shape index (κ3) is 5.54. The van der Waals surface area contributed by atoms with E-state index in [1.54, 1.807) is 11.8 Å². The summed E-state index contributed by atoms with van der Waals surface area (Å²) in [6, 6.07) is 4.13. The van der Waals surface area contributed by atoms with Crippen LogP contribution in [0.3, 0.4) is 0 Å². The second kappa shape index (κ2) is 8.13. The van der Waals surface area contributed by atoms with Crippen molar-refractivity contribution >= 4 is 23.5 Å². The minimum atomic E-state index is 0.850. The Balaban J connectivity index is 2.14. The molecule has 0 unspecified atom stereocenters. The van der Waals surface area contributed by atoms with Gasteiger partial charge in [0.25, 0.3) is 0 Å². The molecular weight excluding hydrogens is 226 g/mol. The Kier molecular flexibility index (Phi) is 7.05. The van der Waals surface area contributed by atoms with Gasteiger partial charge in [-0.2, -0.15) is 23.5 Å². The molecular formula is C11H19NOS2. The quantitative estimate of drug-likeness (QED) is 0.712. The normalized spacial score (nSPS) is 10.8. The zero-order chi connectivity index (χ0) is 10.9. The van der Waals surface area contributed by atoms with Crippen molar-refractivity contribution in [3.8, 4) is 0 Å². The maximum atomic E-state index is 5.64. The van der Waals surface area contributed by atoms with Crippen molar-refractivity contribution in [2.75, 3.05) is 24.8 Å². The molecule has 0 aliphatic rings. The number of thioether (sulfide) groups is 2. The van der Waals surface area contributed by atoms with E-state index in [1.807, 2.05) is 11.8 Å². The number of furan rings is 1. The van der Waals surface area contributed by atoms with E-state index >= 15 is 0 Å². The van der Waals surface area contributed by atoms with E-state index in [1.165, 1.54) is 12.2 Å². The van der Waals surface area contributed by atoms with Crippen LogP contribution in [-0.4, -0.2) is 24.8 Å². The van der Waals surface area contributed by atoms with Gasteiger partial charge in [-0.05, 0) is 43.4 Å². The zero-order valence-electron chi connectivity index (χ0n) is 9.41. The average molecular weight is 245 g/mol. The van der Waals surface area contributed by atoms with Crippen LogP contribution >= 0.6 is 23.5 Å². The maximum absolute atomic E-state index is 5.64. The second-order valence-corrected chi connectivity index (χ2v) is 5.18. The first-order chi connectivity index (χ1) is 7.36. The van der Waals surface area contributed by atoms with Gasteiger partial charge >= 0.3 is 0 Å².